The normalized spacial score (nSPS) is 51.1. The molecular weight excluding hydrogens is 368 g/mol. The fraction of sp³-hybridized carbons (Fsp3) is 1.00. The Morgan fingerprint density at radius 1 is 0.826 bits per heavy atom. The molecule has 0 radical (unpaired) electrons. The third-order valence-corrected chi connectivity index (χ3v) is 5.23. The van der Waals surface area contributed by atoms with Crippen LogP contribution in [0.1, 0.15) is 0 Å². The van der Waals surface area contributed by atoms with Gasteiger partial charge in [-0.15, -0.1) is 0 Å². The van der Waals surface area contributed by atoms with Crippen LogP contribution >= 0.6 is 37.9 Å². The van der Waals surface area contributed by atoms with Gasteiger partial charge in [0, 0.05) is 17.3 Å². The lowest BCUT2D eigenvalue weighted by Gasteiger charge is -2.43. The molecule has 2 heterocycles. The smallest absolute Gasteiger partial charge is 0.209 e. The van der Waals surface area contributed by atoms with Crippen molar-refractivity contribution in [3.63, 3.8) is 0 Å². The summed E-state index contributed by atoms with van der Waals surface area (Å²) in [7, 11) is 0. The maximum atomic E-state index is 10.2. The number of aliphatic hydroxyl groups is 5. The molecule has 0 aromatic heterocycles. The summed E-state index contributed by atoms with van der Waals surface area (Å²) in [5.41, 5.74) is 0. The summed E-state index contributed by atoms with van der Waals surface area (Å²) >= 11 is 12.1. The van der Waals surface area contributed by atoms with Gasteiger partial charge in [-0.3, -0.25) is 0 Å². The average molecular weight is 391 g/mol. The minimum atomic E-state index is -1.75. The quantitative estimate of drug-likeness (QED) is 0.240. The second-order valence-corrected chi connectivity index (χ2v) is 6.61. The van der Waals surface area contributed by atoms with E-state index in [0.717, 1.165) is 0 Å². The highest BCUT2D eigenvalue weighted by molar-refractivity contribution is 7.80. The molecule has 0 spiro atoms. The van der Waals surface area contributed by atoms with Crippen LogP contribution in [0.25, 0.3) is 0 Å². The predicted octanol–water partition coefficient (Wildman–Crippen LogP) is -2.58. The molecule has 2 rings (SSSR count). The van der Waals surface area contributed by atoms with E-state index in [1.54, 1.807) is 0 Å². The Morgan fingerprint density at radius 2 is 1.43 bits per heavy atom. The molecule has 8 nitrogen and oxygen atoms in total. The molecule has 2 aliphatic heterocycles. The van der Waals surface area contributed by atoms with E-state index >= 15 is 0 Å². The molecule has 23 heavy (non-hydrogen) atoms. The van der Waals surface area contributed by atoms with E-state index in [2.05, 4.69) is 37.9 Å². The van der Waals surface area contributed by atoms with Gasteiger partial charge in [0.05, 0.1) is 12.2 Å². The maximum Gasteiger partial charge on any atom is 0.209 e. The minimum Gasteiger partial charge on any atom is -0.388 e. The summed E-state index contributed by atoms with van der Waals surface area (Å²) in [5, 5.41) is 49.9. The first-order valence-electron chi connectivity index (χ1n) is 7.05. The SMILES string of the molecule is OC1[C@H](O)C(CS)O[C@H](OC2(CS)O[C@H](CS)[C@@H](O)[C@@H]2O)[C@H]1O. The number of rotatable bonds is 5. The number of hydrogen-bond donors (Lipinski definition) is 8. The van der Waals surface area contributed by atoms with Crippen LogP contribution in [0.4, 0.5) is 0 Å². The van der Waals surface area contributed by atoms with Crippen molar-refractivity contribution in [1.82, 2.24) is 0 Å². The lowest BCUT2D eigenvalue weighted by Crippen LogP contribution is -2.62. The summed E-state index contributed by atoms with van der Waals surface area (Å²) in [6, 6.07) is 0. The third-order valence-electron chi connectivity index (χ3n) is 4.07. The molecule has 0 aliphatic carbocycles. The Hall–Kier alpha value is 0.730. The minimum absolute atomic E-state index is 0.0734. The van der Waals surface area contributed by atoms with Gasteiger partial charge in [-0.25, -0.2) is 0 Å². The van der Waals surface area contributed by atoms with Crippen molar-refractivity contribution >= 4 is 37.9 Å². The molecule has 0 aromatic carbocycles. The van der Waals surface area contributed by atoms with Crippen molar-refractivity contribution in [2.45, 2.75) is 54.8 Å². The van der Waals surface area contributed by atoms with Crippen LogP contribution in [0.5, 0.6) is 0 Å². The molecule has 2 fully saturated rings. The lowest BCUT2D eigenvalue weighted by atomic mass is 9.99. The van der Waals surface area contributed by atoms with Gasteiger partial charge in [-0.05, 0) is 0 Å². The number of aliphatic hydroxyl groups excluding tert-OH is 5. The molecule has 0 saturated carbocycles. The van der Waals surface area contributed by atoms with Crippen LogP contribution in [-0.4, -0.2) is 97.6 Å². The Labute approximate surface area is 150 Å². The fourth-order valence-corrected chi connectivity index (χ4v) is 3.56. The molecule has 3 unspecified atom stereocenters. The topological polar surface area (TPSA) is 129 Å². The van der Waals surface area contributed by atoms with E-state index in [4.69, 9.17) is 14.2 Å². The first-order chi connectivity index (χ1) is 10.8. The van der Waals surface area contributed by atoms with Gasteiger partial charge in [0.1, 0.15) is 30.5 Å². The highest BCUT2D eigenvalue weighted by Crippen LogP contribution is 2.37. The van der Waals surface area contributed by atoms with E-state index in [1.165, 1.54) is 0 Å². The van der Waals surface area contributed by atoms with Crippen LogP contribution in [-0.2, 0) is 14.2 Å². The molecule has 5 N–H and O–H groups in total. The molecule has 0 bridgehead atoms. The summed E-state index contributed by atoms with van der Waals surface area (Å²) in [5.74, 6) is -1.69. The van der Waals surface area contributed by atoms with E-state index in [0.29, 0.717) is 0 Å². The van der Waals surface area contributed by atoms with E-state index < -0.39 is 54.8 Å². The zero-order valence-corrected chi connectivity index (χ0v) is 14.7. The van der Waals surface area contributed by atoms with Crippen LogP contribution < -0.4 is 0 Å². The Balaban J connectivity index is 2.18. The Morgan fingerprint density at radius 3 is 1.91 bits per heavy atom. The molecular formula is C12H22O8S3. The highest BCUT2D eigenvalue weighted by atomic mass is 32.1. The summed E-state index contributed by atoms with van der Waals surface area (Å²) in [6.07, 6.45) is -10.2. The highest BCUT2D eigenvalue weighted by Gasteiger charge is 2.57. The molecule has 0 aromatic rings. The van der Waals surface area contributed by atoms with Crippen molar-refractivity contribution < 1.29 is 39.7 Å². The van der Waals surface area contributed by atoms with Crippen LogP contribution in [0.15, 0.2) is 0 Å². The monoisotopic (exact) mass is 390 g/mol. The third kappa shape index (κ3) is 3.65. The first-order valence-corrected chi connectivity index (χ1v) is 8.95. The van der Waals surface area contributed by atoms with Gasteiger partial charge in [0.15, 0.2) is 6.29 Å². The van der Waals surface area contributed by atoms with Gasteiger partial charge in [0.25, 0.3) is 0 Å². The number of thiol groups is 3. The lowest BCUT2D eigenvalue weighted by molar-refractivity contribution is -0.366. The number of hydrogen-bond acceptors (Lipinski definition) is 11. The van der Waals surface area contributed by atoms with Gasteiger partial charge in [0.2, 0.25) is 5.79 Å². The van der Waals surface area contributed by atoms with Crippen molar-refractivity contribution in [2.24, 2.45) is 0 Å². The van der Waals surface area contributed by atoms with Crippen molar-refractivity contribution in [1.29, 1.82) is 0 Å². The largest absolute Gasteiger partial charge is 0.388 e. The van der Waals surface area contributed by atoms with Gasteiger partial charge in [-0.1, -0.05) is 0 Å². The van der Waals surface area contributed by atoms with Crippen LogP contribution in [0.3, 0.4) is 0 Å². The Bertz CT molecular complexity index is 403. The maximum absolute atomic E-state index is 10.2. The molecule has 11 heteroatoms. The number of ether oxygens (including phenoxy) is 3. The predicted molar refractivity (Wildman–Crippen MR) is 88.9 cm³/mol. The zero-order chi connectivity index (χ0) is 17.4. The molecule has 0 amide bonds. The molecule has 2 saturated heterocycles. The van der Waals surface area contributed by atoms with Crippen molar-refractivity contribution in [3.8, 4) is 0 Å². The van der Waals surface area contributed by atoms with Crippen LogP contribution in [0.2, 0.25) is 0 Å². The van der Waals surface area contributed by atoms with Crippen molar-refractivity contribution in [2.75, 3.05) is 17.3 Å². The van der Waals surface area contributed by atoms with Crippen LogP contribution in [0, 0.1) is 0 Å². The average Bonchev–Trinajstić information content (AvgIpc) is 2.80. The van der Waals surface area contributed by atoms with Gasteiger partial charge < -0.3 is 39.7 Å². The van der Waals surface area contributed by atoms with E-state index in [-0.39, 0.29) is 17.3 Å². The first kappa shape index (κ1) is 20.0. The fourth-order valence-electron chi connectivity index (χ4n) is 2.63. The van der Waals surface area contributed by atoms with Crippen molar-refractivity contribution in [3.05, 3.63) is 0 Å². The standard InChI is InChI=1S/C12H22O8S3/c13-6-4(1-21)18-11(9(16)8(6)15)20-12(3-23)10(17)7(14)5(2-22)19-12/h4-11,13-17,21-23H,1-3H2/t4?,5-,6-,7-,8?,9+,10+,11-,12?/m1/s1. The molecule has 2 aliphatic rings. The second-order valence-electron chi connectivity index (χ2n) is 5.56. The molecule has 136 valence electrons. The van der Waals surface area contributed by atoms with E-state index in [1.807, 2.05) is 0 Å². The second kappa shape index (κ2) is 7.96. The Kier molecular flexibility index (Phi) is 6.93. The van der Waals surface area contributed by atoms with E-state index in [9.17, 15) is 25.5 Å². The summed E-state index contributed by atoms with van der Waals surface area (Å²) < 4.78 is 16.5. The molecule has 9 atom stereocenters. The summed E-state index contributed by atoms with van der Waals surface area (Å²) in [6.45, 7) is 0. The van der Waals surface area contributed by atoms with Gasteiger partial charge in [-0.2, -0.15) is 37.9 Å². The zero-order valence-electron chi connectivity index (χ0n) is 12.0. The van der Waals surface area contributed by atoms with Gasteiger partial charge >= 0.3 is 0 Å². The summed E-state index contributed by atoms with van der Waals surface area (Å²) in [4.78, 5) is 0.